The number of nitrogens with one attached hydrogen (secondary N) is 1. The maximum atomic E-state index is 12.4. The van der Waals surface area contributed by atoms with Gasteiger partial charge in [-0.05, 0) is 48.5 Å². The number of benzene rings is 3. The molecule has 3 rings (SSSR count). The molecule has 3 aromatic rings. The van der Waals surface area contributed by atoms with Gasteiger partial charge in [0.25, 0.3) is 0 Å². The van der Waals surface area contributed by atoms with E-state index >= 15 is 0 Å². The standard InChI is InChI=1S/C22H18N2O4/c23-22(27)24-18-10-6-15(7-11-18)20(25)14-28-19-12-8-17(9-13-19)21(26)16-4-2-1-3-5-16/h1-13H,14H2,(H3,23,24,27). The fourth-order valence-corrected chi connectivity index (χ4v) is 2.57. The lowest BCUT2D eigenvalue weighted by Crippen LogP contribution is -2.19. The summed E-state index contributed by atoms with van der Waals surface area (Å²) in [6.07, 6.45) is 0. The molecule has 0 aromatic heterocycles. The Hall–Kier alpha value is -3.93. The van der Waals surface area contributed by atoms with Gasteiger partial charge in [-0.25, -0.2) is 4.79 Å². The van der Waals surface area contributed by atoms with E-state index < -0.39 is 6.03 Å². The van der Waals surface area contributed by atoms with E-state index in [2.05, 4.69) is 5.32 Å². The molecule has 0 radical (unpaired) electrons. The molecule has 2 amide bonds. The summed E-state index contributed by atoms with van der Waals surface area (Å²) >= 11 is 0. The minimum atomic E-state index is -0.670. The van der Waals surface area contributed by atoms with Crippen LogP contribution in [0.2, 0.25) is 0 Å². The molecule has 0 fully saturated rings. The molecule has 0 saturated carbocycles. The lowest BCUT2D eigenvalue weighted by atomic mass is 10.0. The van der Waals surface area contributed by atoms with Crippen LogP contribution in [0.25, 0.3) is 0 Å². The van der Waals surface area contributed by atoms with Crippen LogP contribution in [-0.4, -0.2) is 24.2 Å². The second kappa shape index (κ2) is 8.64. The summed E-state index contributed by atoms with van der Waals surface area (Å²) in [4.78, 5) is 35.4. The molecule has 3 aromatic carbocycles. The Morgan fingerprint density at radius 1 is 0.750 bits per heavy atom. The summed E-state index contributed by atoms with van der Waals surface area (Å²) in [6.45, 7) is -0.144. The Bertz CT molecular complexity index is 981. The number of nitrogens with two attached hydrogens (primary N) is 1. The topological polar surface area (TPSA) is 98.5 Å². The monoisotopic (exact) mass is 374 g/mol. The third-order valence-electron chi connectivity index (χ3n) is 4.00. The van der Waals surface area contributed by atoms with Gasteiger partial charge < -0.3 is 15.8 Å². The maximum absolute atomic E-state index is 12.4. The molecule has 3 N–H and O–H groups in total. The van der Waals surface area contributed by atoms with E-state index in [-0.39, 0.29) is 18.2 Å². The molecule has 28 heavy (non-hydrogen) atoms. The van der Waals surface area contributed by atoms with Gasteiger partial charge in [0.2, 0.25) is 0 Å². The zero-order chi connectivity index (χ0) is 19.9. The van der Waals surface area contributed by atoms with Gasteiger partial charge in [-0.2, -0.15) is 0 Å². The number of amides is 2. The SMILES string of the molecule is NC(=O)Nc1ccc(C(=O)COc2ccc(C(=O)c3ccccc3)cc2)cc1. The average molecular weight is 374 g/mol. The number of urea groups is 1. The Morgan fingerprint density at radius 2 is 1.32 bits per heavy atom. The minimum Gasteiger partial charge on any atom is -0.485 e. The molecule has 0 unspecified atom stereocenters. The number of rotatable bonds is 7. The number of anilines is 1. The van der Waals surface area contributed by atoms with Crippen molar-refractivity contribution in [3.8, 4) is 5.75 Å². The zero-order valence-corrected chi connectivity index (χ0v) is 14.9. The number of primary amides is 1. The number of Topliss-reactive ketones (excluding diaryl/α,β-unsaturated/α-hetero) is 1. The first kappa shape index (κ1) is 18.8. The van der Waals surface area contributed by atoms with Gasteiger partial charge in [-0.15, -0.1) is 0 Å². The van der Waals surface area contributed by atoms with Crippen LogP contribution in [0, 0.1) is 0 Å². The van der Waals surface area contributed by atoms with Gasteiger partial charge in [0.15, 0.2) is 18.2 Å². The van der Waals surface area contributed by atoms with Crippen molar-refractivity contribution in [3.63, 3.8) is 0 Å². The van der Waals surface area contributed by atoms with Crippen LogP contribution < -0.4 is 15.8 Å². The highest BCUT2D eigenvalue weighted by Gasteiger charge is 2.10. The van der Waals surface area contributed by atoms with Gasteiger partial charge in [0.1, 0.15) is 5.75 Å². The third-order valence-corrected chi connectivity index (χ3v) is 4.00. The minimum absolute atomic E-state index is 0.0760. The van der Waals surface area contributed by atoms with E-state index in [9.17, 15) is 14.4 Å². The Labute approximate surface area is 161 Å². The van der Waals surface area contributed by atoms with Crippen molar-refractivity contribution in [1.82, 2.24) is 0 Å². The molecule has 0 saturated heterocycles. The van der Waals surface area contributed by atoms with Gasteiger partial charge in [-0.1, -0.05) is 30.3 Å². The number of hydrogen-bond donors (Lipinski definition) is 2. The number of carbonyl (C=O) groups is 3. The first-order valence-electron chi connectivity index (χ1n) is 8.55. The number of ketones is 2. The summed E-state index contributed by atoms with van der Waals surface area (Å²) in [7, 11) is 0. The van der Waals surface area contributed by atoms with E-state index in [0.29, 0.717) is 28.1 Å². The van der Waals surface area contributed by atoms with Crippen LogP contribution in [0.3, 0.4) is 0 Å². The number of carbonyl (C=O) groups excluding carboxylic acids is 3. The molecule has 0 heterocycles. The summed E-state index contributed by atoms with van der Waals surface area (Å²) in [5.74, 6) is 0.202. The third kappa shape index (κ3) is 4.82. The van der Waals surface area contributed by atoms with Crippen LogP contribution in [-0.2, 0) is 0 Å². The molecule has 6 heteroatoms. The van der Waals surface area contributed by atoms with E-state index in [4.69, 9.17) is 10.5 Å². The molecule has 0 atom stereocenters. The number of ether oxygens (including phenoxy) is 1. The smallest absolute Gasteiger partial charge is 0.316 e. The summed E-state index contributed by atoms with van der Waals surface area (Å²) in [5.41, 5.74) is 7.15. The second-order valence-electron chi connectivity index (χ2n) is 6.00. The van der Waals surface area contributed by atoms with Gasteiger partial charge >= 0.3 is 6.03 Å². The summed E-state index contributed by atoms with van der Waals surface area (Å²) < 4.78 is 5.51. The first-order valence-corrected chi connectivity index (χ1v) is 8.55. The van der Waals surface area contributed by atoms with Crippen molar-refractivity contribution in [2.24, 2.45) is 5.73 Å². The summed E-state index contributed by atoms with van der Waals surface area (Å²) in [5, 5.41) is 2.42. The highest BCUT2D eigenvalue weighted by atomic mass is 16.5. The van der Waals surface area contributed by atoms with E-state index in [1.807, 2.05) is 18.2 Å². The lowest BCUT2D eigenvalue weighted by molar-refractivity contribution is 0.0920. The predicted octanol–water partition coefficient (Wildman–Crippen LogP) is 3.67. The molecule has 140 valence electrons. The van der Waals surface area contributed by atoms with Crippen molar-refractivity contribution in [2.45, 2.75) is 0 Å². The number of hydrogen-bond acceptors (Lipinski definition) is 4. The normalized spacial score (nSPS) is 10.1. The van der Waals surface area contributed by atoms with Crippen molar-refractivity contribution >= 4 is 23.3 Å². The van der Waals surface area contributed by atoms with Crippen molar-refractivity contribution in [2.75, 3.05) is 11.9 Å². The lowest BCUT2D eigenvalue weighted by Gasteiger charge is -2.07. The molecule has 0 aliphatic heterocycles. The van der Waals surface area contributed by atoms with Gasteiger partial charge in [-0.3, -0.25) is 9.59 Å². The molecule has 6 nitrogen and oxygen atoms in total. The second-order valence-corrected chi connectivity index (χ2v) is 6.00. The Balaban J connectivity index is 1.58. The van der Waals surface area contributed by atoms with Crippen LogP contribution >= 0.6 is 0 Å². The van der Waals surface area contributed by atoms with Crippen LogP contribution in [0.5, 0.6) is 5.75 Å². The quantitative estimate of drug-likeness (QED) is 0.617. The molecule has 0 aliphatic rings. The molecular weight excluding hydrogens is 356 g/mol. The van der Waals surface area contributed by atoms with Gasteiger partial charge in [0, 0.05) is 22.4 Å². The highest BCUT2D eigenvalue weighted by molar-refractivity contribution is 6.09. The van der Waals surface area contributed by atoms with E-state index in [1.165, 1.54) is 0 Å². The van der Waals surface area contributed by atoms with Crippen LogP contribution in [0.15, 0.2) is 78.9 Å². The highest BCUT2D eigenvalue weighted by Crippen LogP contribution is 2.16. The fourth-order valence-electron chi connectivity index (χ4n) is 2.57. The van der Waals surface area contributed by atoms with Gasteiger partial charge in [0.05, 0.1) is 0 Å². The van der Waals surface area contributed by atoms with Crippen molar-refractivity contribution in [1.29, 1.82) is 0 Å². The van der Waals surface area contributed by atoms with Crippen LogP contribution in [0.1, 0.15) is 26.3 Å². The van der Waals surface area contributed by atoms with Crippen molar-refractivity contribution in [3.05, 3.63) is 95.6 Å². The summed E-state index contributed by atoms with van der Waals surface area (Å²) in [6, 6.07) is 21.3. The largest absolute Gasteiger partial charge is 0.485 e. The zero-order valence-electron chi connectivity index (χ0n) is 14.9. The molecule has 0 aliphatic carbocycles. The molecule has 0 spiro atoms. The van der Waals surface area contributed by atoms with E-state index in [0.717, 1.165) is 0 Å². The van der Waals surface area contributed by atoms with Crippen molar-refractivity contribution < 1.29 is 19.1 Å². The Kier molecular flexibility index (Phi) is 5.81. The van der Waals surface area contributed by atoms with E-state index in [1.54, 1.807) is 60.7 Å². The van der Waals surface area contributed by atoms with Crippen LogP contribution in [0.4, 0.5) is 10.5 Å². The first-order chi connectivity index (χ1) is 13.5. The fraction of sp³-hybridized carbons (Fsp3) is 0.0455. The Morgan fingerprint density at radius 3 is 1.93 bits per heavy atom. The average Bonchev–Trinajstić information content (AvgIpc) is 2.72. The molecular formula is C22H18N2O4. The molecule has 0 bridgehead atoms. The predicted molar refractivity (Wildman–Crippen MR) is 106 cm³/mol. The maximum Gasteiger partial charge on any atom is 0.316 e.